The number of nitrogens with zero attached hydrogens (tertiary/aromatic N) is 1. The Labute approximate surface area is 147 Å². The molecule has 0 bridgehead atoms. The fraction of sp³-hybridized carbons (Fsp3) is 0.571. The highest BCUT2D eigenvalue weighted by Crippen LogP contribution is 2.33. The topological polar surface area (TPSA) is 71.5 Å². The number of halogens is 2. The maximum absolute atomic E-state index is 12.6. The molecule has 0 aliphatic carbocycles. The van der Waals surface area contributed by atoms with Gasteiger partial charge in [-0.25, -0.2) is 16.8 Å². The summed E-state index contributed by atoms with van der Waals surface area (Å²) in [4.78, 5) is -0.0409. The first-order valence-corrected chi connectivity index (χ1v) is 11.0. The summed E-state index contributed by atoms with van der Waals surface area (Å²) in [6.07, 6.45) is 0. The van der Waals surface area contributed by atoms with Crippen LogP contribution in [0.3, 0.4) is 0 Å². The van der Waals surface area contributed by atoms with Crippen molar-refractivity contribution < 1.29 is 16.8 Å². The smallest absolute Gasteiger partial charge is 0.228 e. The van der Waals surface area contributed by atoms with Crippen LogP contribution in [0.4, 0.5) is 0 Å². The van der Waals surface area contributed by atoms with Gasteiger partial charge in [-0.05, 0) is 30.5 Å². The zero-order valence-electron chi connectivity index (χ0n) is 13.1. The Morgan fingerprint density at radius 3 is 2.22 bits per heavy atom. The first-order chi connectivity index (χ1) is 10.4. The minimum Gasteiger partial charge on any atom is -0.228 e. The molecule has 1 heterocycles. The van der Waals surface area contributed by atoms with Gasteiger partial charge in [-0.3, -0.25) is 0 Å². The Morgan fingerprint density at radius 2 is 1.70 bits per heavy atom. The van der Waals surface area contributed by atoms with Gasteiger partial charge in [0.2, 0.25) is 10.0 Å². The lowest BCUT2D eigenvalue weighted by molar-refractivity contribution is 0.309. The third kappa shape index (κ3) is 3.85. The predicted molar refractivity (Wildman–Crippen MR) is 92.4 cm³/mol. The molecule has 0 radical (unpaired) electrons. The predicted octanol–water partition coefficient (Wildman–Crippen LogP) is 2.75. The molecule has 1 aromatic rings. The SMILES string of the molecule is Cc1cc(S(=O)(=O)N2CC(S(=O)(=O)CC(C)C)C2)c(Cl)cc1Cl. The number of hydrogen-bond acceptors (Lipinski definition) is 4. The molecule has 23 heavy (non-hydrogen) atoms. The molecule has 0 unspecified atom stereocenters. The normalized spacial score (nSPS) is 17.5. The number of rotatable bonds is 5. The number of hydrogen-bond donors (Lipinski definition) is 0. The minimum atomic E-state index is -3.82. The Balaban J connectivity index is 2.21. The molecule has 0 N–H and O–H groups in total. The number of sulfonamides is 1. The Bertz CT molecular complexity index is 813. The lowest BCUT2D eigenvalue weighted by Gasteiger charge is -2.37. The van der Waals surface area contributed by atoms with Gasteiger partial charge >= 0.3 is 0 Å². The van der Waals surface area contributed by atoms with E-state index in [-0.39, 0.29) is 34.7 Å². The molecular formula is C14H19Cl2NO4S2. The van der Waals surface area contributed by atoms with Crippen molar-refractivity contribution in [2.24, 2.45) is 5.92 Å². The first kappa shape index (κ1) is 19.0. The van der Waals surface area contributed by atoms with Crippen LogP contribution in [0.25, 0.3) is 0 Å². The fourth-order valence-electron chi connectivity index (χ4n) is 2.39. The monoisotopic (exact) mass is 399 g/mol. The third-order valence-corrected chi connectivity index (χ3v) is 8.87. The molecule has 5 nitrogen and oxygen atoms in total. The zero-order valence-corrected chi connectivity index (χ0v) is 16.2. The molecule has 1 aliphatic heterocycles. The second-order valence-corrected chi connectivity index (χ2v) is 11.2. The van der Waals surface area contributed by atoms with E-state index in [4.69, 9.17) is 23.2 Å². The van der Waals surface area contributed by atoms with E-state index in [1.54, 1.807) is 6.92 Å². The molecule has 0 amide bonds. The lowest BCUT2D eigenvalue weighted by Crippen LogP contribution is -2.57. The van der Waals surface area contributed by atoms with Crippen molar-refractivity contribution in [1.29, 1.82) is 0 Å². The van der Waals surface area contributed by atoms with Crippen LogP contribution in [0, 0.1) is 12.8 Å². The van der Waals surface area contributed by atoms with Crippen LogP contribution >= 0.6 is 23.2 Å². The molecule has 2 rings (SSSR count). The van der Waals surface area contributed by atoms with E-state index in [2.05, 4.69) is 0 Å². The highest BCUT2D eigenvalue weighted by molar-refractivity contribution is 7.92. The van der Waals surface area contributed by atoms with Crippen molar-refractivity contribution in [2.75, 3.05) is 18.8 Å². The van der Waals surface area contributed by atoms with Crippen LogP contribution in [0.15, 0.2) is 17.0 Å². The minimum absolute atomic E-state index is 0.0130. The average molecular weight is 400 g/mol. The second kappa shape index (κ2) is 6.52. The molecule has 0 atom stereocenters. The third-order valence-electron chi connectivity index (χ3n) is 3.72. The van der Waals surface area contributed by atoms with E-state index in [1.807, 2.05) is 13.8 Å². The van der Waals surface area contributed by atoms with Gasteiger partial charge in [-0.2, -0.15) is 4.31 Å². The summed E-state index contributed by atoms with van der Waals surface area (Å²) in [6, 6.07) is 2.80. The highest BCUT2D eigenvalue weighted by atomic mass is 35.5. The highest BCUT2D eigenvalue weighted by Gasteiger charge is 2.44. The van der Waals surface area contributed by atoms with Gasteiger partial charge in [0.05, 0.1) is 16.0 Å². The lowest BCUT2D eigenvalue weighted by atomic mass is 10.2. The Hall–Kier alpha value is -0.340. The van der Waals surface area contributed by atoms with Gasteiger partial charge in [-0.15, -0.1) is 0 Å². The summed E-state index contributed by atoms with van der Waals surface area (Å²) >= 11 is 11.9. The van der Waals surface area contributed by atoms with Gasteiger partial charge in [0.15, 0.2) is 9.84 Å². The van der Waals surface area contributed by atoms with Crippen molar-refractivity contribution >= 4 is 43.1 Å². The Morgan fingerprint density at radius 1 is 1.13 bits per heavy atom. The standard InChI is InChI=1S/C14H19Cl2NO4S2/c1-9(2)8-22(18,19)11-6-17(7-11)23(20,21)14-4-10(3)12(15)5-13(14)16/h4-5,9,11H,6-8H2,1-3H3. The molecule has 1 aliphatic rings. The van der Waals surface area contributed by atoms with Gasteiger partial charge < -0.3 is 0 Å². The average Bonchev–Trinajstić information content (AvgIpc) is 2.28. The molecule has 0 spiro atoms. The molecule has 1 aromatic carbocycles. The van der Waals surface area contributed by atoms with Crippen LogP contribution < -0.4 is 0 Å². The number of aryl methyl sites for hydroxylation is 1. The van der Waals surface area contributed by atoms with Crippen LogP contribution in [0.1, 0.15) is 19.4 Å². The van der Waals surface area contributed by atoms with Crippen LogP contribution in [-0.4, -0.2) is 45.2 Å². The zero-order chi connectivity index (χ0) is 17.6. The van der Waals surface area contributed by atoms with E-state index in [0.717, 1.165) is 4.31 Å². The summed E-state index contributed by atoms with van der Waals surface area (Å²) in [6.45, 7) is 5.26. The van der Waals surface area contributed by atoms with Crippen LogP contribution in [-0.2, 0) is 19.9 Å². The maximum Gasteiger partial charge on any atom is 0.244 e. The van der Waals surface area contributed by atoms with Crippen molar-refractivity contribution in [3.05, 3.63) is 27.7 Å². The van der Waals surface area contributed by atoms with Crippen molar-refractivity contribution in [3.8, 4) is 0 Å². The van der Waals surface area contributed by atoms with E-state index in [1.165, 1.54) is 12.1 Å². The van der Waals surface area contributed by atoms with Gasteiger partial charge in [0, 0.05) is 18.1 Å². The number of sulfone groups is 1. The molecule has 9 heteroatoms. The van der Waals surface area contributed by atoms with Crippen molar-refractivity contribution in [1.82, 2.24) is 4.31 Å². The van der Waals surface area contributed by atoms with E-state index in [9.17, 15) is 16.8 Å². The number of benzene rings is 1. The molecule has 1 saturated heterocycles. The van der Waals surface area contributed by atoms with Gasteiger partial charge in [-0.1, -0.05) is 37.0 Å². The van der Waals surface area contributed by atoms with Crippen molar-refractivity contribution in [3.63, 3.8) is 0 Å². The van der Waals surface area contributed by atoms with E-state index in [0.29, 0.717) is 10.6 Å². The molecule has 0 aromatic heterocycles. The van der Waals surface area contributed by atoms with Gasteiger partial charge in [0.25, 0.3) is 0 Å². The molecule has 0 saturated carbocycles. The van der Waals surface area contributed by atoms with E-state index >= 15 is 0 Å². The largest absolute Gasteiger partial charge is 0.244 e. The second-order valence-electron chi connectivity index (χ2n) is 6.20. The summed E-state index contributed by atoms with van der Waals surface area (Å²) < 4.78 is 50.6. The molecule has 1 fully saturated rings. The molecule has 130 valence electrons. The van der Waals surface area contributed by atoms with Gasteiger partial charge in [0.1, 0.15) is 4.90 Å². The molecular weight excluding hydrogens is 381 g/mol. The van der Waals surface area contributed by atoms with Crippen LogP contribution in [0.2, 0.25) is 10.0 Å². The quantitative estimate of drug-likeness (QED) is 0.762. The Kier molecular flexibility index (Phi) is 5.38. The van der Waals surface area contributed by atoms with Crippen LogP contribution in [0.5, 0.6) is 0 Å². The summed E-state index contributed by atoms with van der Waals surface area (Å²) in [5, 5.41) is -0.226. The van der Waals surface area contributed by atoms with Crippen molar-refractivity contribution in [2.45, 2.75) is 30.9 Å². The summed E-state index contributed by atoms with van der Waals surface area (Å²) in [7, 11) is -7.10. The maximum atomic E-state index is 12.6. The van der Waals surface area contributed by atoms with E-state index < -0.39 is 25.1 Å². The summed E-state index contributed by atoms with van der Waals surface area (Å²) in [5.74, 6) is 0.0748. The first-order valence-electron chi connectivity index (χ1n) is 7.12. The fourth-order valence-corrected chi connectivity index (χ4v) is 6.93. The summed E-state index contributed by atoms with van der Waals surface area (Å²) in [5.41, 5.74) is 0.596.